The van der Waals surface area contributed by atoms with Gasteiger partial charge in [-0.2, -0.15) is 5.10 Å². The number of methoxy groups -OCH3 is 1. The zero-order valence-corrected chi connectivity index (χ0v) is 18.9. The van der Waals surface area contributed by atoms with Crippen molar-refractivity contribution in [2.45, 2.75) is 0 Å². The number of amides is 1. The van der Waals surface area contributed by atoms with Gasteiger partial charge in [-0.15, -0.1) is 21.5 Å². The van der Waals surface area contributed by atoms with Crippen LogP contribution in [0.2, 0.25) is 0 Å². The van der Waals surface area contributed by atoms with E-state index in [1.54, 1.807) is 22.9 Å². The van der Waals surface area contributed by atoms with Crippen LogP contribution >= 0.6 is 22.7 Å². The van der Waals surface area contributed by atoms with E-state index in [2.05, 4.69) is 15.5 Å². The molecule has 164 valence electrons. The number of anilines is 1. The number of hydrogen-bond donors (Lipinski definition) is 1. The fraction of sp³-hybridized carbons (Fsp3) is 0.0435. The third kappa shape index (κ3) is 4.26. The first-order valence-electron chi connectivity index (χ1n) is 9.80. The van der Waals surface area contributed by atoms with Crippen LogP contribution in [0.5, 0.6) is 5.75 Å². The van der Waals surface area contributed by atoms with Gasteiger partial charge in [-0.05, 0) is 41.8 Å². The highest BCUT2D eigenvalue weighted by atomic mass is 32.1. The first kappa shape index (κ1) is 21.0. The fourth-order valence-electron chi connectivity index (χ4n) is 3.22. The van der Waals surface area contributed by atoms with Gasteiger partial charge in [0, 0.05) is 11.8 Å². The molecular formula is C23H16FN5O2S2. The van der Waals surface area contributed by atoms with Gasteiger partial charge in [-0.1, -0.05) is 35.6 Å². The van der Waals surface area contributed by atoms with E-state index in [0.717, 1.165) is 5.69 Å². The van der Waals surface area contributed by atoms with Gasteiger partial charge in [-0.25, -0.2) is 9.07 Å². The van der Waals surface area contributed by atoms with Gasteiger partial charge >= 0.3 is 0 Å². The number of carbonyl (C=O) groups is 1. The number of para-hydroxylation sites is 1. The lowest BCUT2D eigenvalue weighted by atomic mass is 10.1. The maximum atomic E-state index is 14.5. The predicted octanol–water partition coefficient (Wildman–Crippen LogP) is 5.52. The molecule has 0 aliphatic heterocycles. The summed E-state index contributed by atoms with van der Waals surface area (Å²) >= 11 is 2.56. The number of thiophene rings is 1. The van der Waals surface area contributed by atoms with Crippen molar-refractivity contribution < 1.29 is 13.9 Å². The normalized spacial score (nSPS) is 10.8. The van der Waals surface area contributed by atoms with E-state index < -0.39 is 5.82 Å². The molecule has 1 N–H and O–H groups in total. The molecule has 0 bridgehead atoms. The SMILES string of the molecule is COc1ccc(-c2nn(-c3ccccc3)cc2-c2nnc(NC(=O)c3cccs3)s2)cc1F. The number of hydrogen-bond acceptors (Lipinski definition) is 7. The fourth-order valence-corrected chi connectivity index (χ4v) is 4.59. The minimum absolute atomic E-state index is 0.150. The van der Waals surface area contributed by atoms with E-state index in [1.807, 2.05) is 48.0 Å². The van der Waals surface area contributed by atoms with Gasteiger partial charge in [-0.3, -0.25) is 10.1 Å². The Morgan fingerprint density at radius 1 is 1.09 bits per heavy atom. The quantitative estimate of drug-likeness (QED) is 0.348. The second-order valence-electron chi connectivity index (χ2n) is 6.86. The predicted molar refractivity (Wildman–Crippen MR) is 127 cm³/mol. The van der Waals surface area contributed by atoms with Crippen molar-refractivity contribution in [3.8, 4) is 33.3 Å². The molecule has 0 saturated heterocycles. The van der Waals surface area contributed by atoms with E-state index in [0.29, 0.717) is 31.8 Å². The second-order valence-corrected chi connectivity index (χ2v) is 8.79. The van der Waals surface area contributed by atoms with Crippen molar-refractivity contribution in [1.82, 2.24) is 20.0 Å². The maximum absolute atomic E-state index is 14.5. The molecule has 10 heteroatoms. The van der Waals surface area contributed by atoms with Gasteiger partial charge in [0.25, 0.3) is 5.91 Å². The van der Waals surface area contributed by atoms with Crippen molar-refractivity contribution in [3.63, 3.8) is 0 Å². The van der Waals surface area contributed by atoms with Gasteiger partial charge in [0.15, 0.2) is 16.6 Å². The van der Waals surface area contributed by atoms with Crippen LogP contribution in [0, 0.1) is 5.82 Å². The Hall–Kier alpha value is -3.89. The van der Waals surface area contributed by atoms with Crippen LogP contribution in [-0.4, -0.2) is 33.0 Å². The van der Waals surface area contributed by atoms with E-state index in [9.17, 15) is 9.18 Å². The summed E-state index contributed by atoms with van der Waals surface area (Å²) in [5.74, 6) is -0.584. The second kappa shape index (κ2) is 8.93. The molecule has 5 aromatic rings. The summed E-state index contributed by atoms with van der Waals surface area (Å²) in [6.07, 6.45) is 1.82. The summed E-state index contributed by atoms with van der Waals surface area (Å²) in [4.78, 5) is 12.9. The molecule has 1 amide bonds. The van der Waals surface area contributed by atoms with Crippen LogP contribution in [0.1, 0.15) is 9.67 Å². The number of benzene rings is 2. The van der Waals surface area contributed by atoms with Crippen LogP contribution < -0.4 is 10.1 Å². The monoisotopic (exact) mass is 477 g/mol. The third-order valence-corrected chi connectivity index (χ3v) is 6.52. The molecule has 7 nitrogen and oxygen atoms in total. The summed E-state index contributed by atoms with van der Waals surface area (Å²) in [5.41, 5.74) is 2.61. The molecule has 33 heavy (non-hydrogen) atoms. The standard InChI is InChI=1S/C23H16FN5O2S2/c1-31-18-10-9-14(12-17(18)24)20-16(13-29(28-20)15-6-3-2-4-7-15)22-26-27-23(33-22)25-21(30)19-8-5-11-32-19/h2-13H,1H3,(H,25,27,30). The topological polar surface area (TPSA) is 81.9 Å². The number of rotatable bonds is 6. The summed E-state index contributed by atoms with van der Waals surface area (Å²) in [6.45, 7) is 0. The smallest absolute Gasteiger partial charge is 0.267 e. The Labute approximate surface area is 196 Å². The lowest BCUT2D eigenvalue weighted by molar-refractivity contribution is 0.103. The number of nitrogens with zero attached hydrogens (tertiary/aromatic N) is 4. The molecule has 0 aliphatic rings. The maximum Gasteiger partial charge on any atom is 0.267 e. The molecule has 0 unspecified atom stereocenters. The van der Waals surface area contributed by atoms with Crippen LogP contribution in [0.4, 0.5) is 9.52 Å². The zero-order chi connectivity index (χ0) is 22.8. The van der Waals surface area contributed by atoms with E-state index >= 15 is 0 Å². The molecule has 0 spiro atoms. The number of aromatic nitrogens is 4. The van der Waals surface area contributed by atoms with E-state index in [4.69, 9.17) is 9.84 Å². The average Bonchev–Trinajstić information content (AvgIpc) is 3.60. The number of ether oxygens (including phenoxy) is 1. The molecule has 3 heterocycles. The van der Waals surface area contributed by atoms with Crippen molar-refractivity contribution in [1.29, 1.82) is 0 Å². The highest BCUT2D eigenvalue weighted by Crippen LogP contribution is 2.36. The molecule has 5 rings (SSSR count). The van der Waals surface area contributed by atoms with Crippen molar-refractivity contribution in [2.75, 3.05) is 12.4 Å². The molecule has 0 fully saturated rings. The van der Waals surface area contributed by atoms with Gasteiger partial charge in [0.05, 0.1) is 23.2 Å². The summed E-state index contributed by atoms with van der Waals surface area (Å²) < 4.78 is 21.2. The highest BCUT2D eigenvalue weighted by molar-refractivity contribution is 7.18. The largest absolute Gasteiger partial charge is 0.494 e. The van der Waals surface area contributed by atoms with Crippen LogP contribution in [0.3, 0.4) is 0 Å². The summed E-state index contributed by atoms with van der Waals surface area (Å²) in [6, 6.07) is 17.8. The number of nitrogens with one attached hydrogen (secondary N) is 1. The lowest BCUT2D eigenvalue weighted by Gasteiger charge is -2.04. The third-order valence-electron chi connectivity index (χ3n) is 4.78. The average molecular weight is 478 g/mol. The van der Waals surface area contributed by atoms with Crippen molar-refractivity contribution >= 4 is 33.7 Å². The molecule has 2 aromatic carbocycles. The molecule has 0 radical (unpaired) electrons. The van der Waals surface area contributed by atoms with Crippen LogP contribution in [0.15, 0.2) is 72.2 Å². The minimum Gasteiger partial charge on any atom is -0.494 e. The Morgan fingerprint density at radius 3 is 2.67 bits per heavy atom. The van der Waals surface area contributed by atoms with E-state index in [-0.39, 0.29) is 11.7 Å². The molecule has 0 atom stereocenters. The van der Waals surface area contributed by atoms with Crippen molar-refractivity contribution in [2.24, 2.45) is 0 Å². The van der Waals surface area contributed by atoms with Crippen LogP contribution in [0.25, 0.3) is 27.5 Å². The number of carbonyl (C=O) groups excluding carboxylic acids is 1. The molecule has 0 saturated carbocycles. The van der Waals surface area contributed by atoms with Crippen molar-refractivity contribution in [3.05, 3.63) is 82.9 Å². The van der Waals surface area contributed by atoms with Crippen LogP contribution in [-0.2, 0) is 0 Å². The number of halogens is 1. The Morgan fingerprint density at radius 2 is 1.94 bits per heavy atom. The summed E-state index contributed by atoms with van der Waals surface area (Å²) in [7, 11) is 1.42. The molecule has 3 aromatic heterocycles. The zero-order valence-electron chi connectivity index (χ0n) is 17.2. The molecular weight excluding hydrogens is 461 g/mol. The lowest BCUT2D eigenvalue weighted by Crippen LogP contribution is -2.09. The Balaban J connectivity index is 1.55. The first-order chi connectivity index (χ1) is 16.1. The van der Waals surface area contributed by atoms with Gasteiger partial charge in [0.2, 0.25) is 5.13 Å². The van der Waals surface area contributed by atoms with Gasteiger partial charge < -0.3 is 4.74 Å². The Bertz CT molecular complexity index is 1410. The first-order valence-corrected chi connectivity index (χ1v) is 11.5. The highest BCUT2D eigenvalue weighted by Gasteiger charge is 2.20. The van der Waals surface area contributed by atoms with E-state index in [1.165, 1.54) is 35.8 Å². The minimum atomic E-state index is -0.489. The Kier molecular flexibility index (Phi) is 5.68. The molecule has 0 aliphatic carbocycles. The van der Waals surface area contributed by atoms with Gasteiger partial charge in [0.1, 0.15) is 5.69 Å². The summed E-state index contributed by atoms with van der Waals surface area (Å²) in [5, 5.41) is 18.6.